The molecule has 0 fully saturated rings. The fourth-order valence-electron chi connectivity index (χ4n) is 1.54. The number of rotatable bonds is 4. The van der Waals surface area contributed by atoms with Gasteiger partial charge in [-0.3, -0.25) is 0 Å². The quantitative estimate of drug-likeness (QED) is 0.813. The van der Waals surface area contributed by atoms with Gasteiger partial charge in [-0.2, -0.15) is 0 Å². The van der Waals surface area contributed by atoms with Gasteiger partial charge in [0.15, 0.2) is 0 Å². The Balaban J connectivity index is 1.89. The Labute approximate surface area is 121 Å². The van der Waals surface area contributed by atoms with Crippen LogP contribution in [0.15, 0.2) is 59.1 Å². The average Bonchev–Trinajstić information content (AvgIpc) is 2.40. The first kappa shape index (κ1) is 13.2. The maximum atomic E-state index is 6.02. The first-order chi connectivity index (χ1) is 8.75. The summed E-state index contributed by atoms with van der Waals surface area (Å²) in [4.78, 5) is 0. The highest BCUT2D eigenvalue weighted by molar-refractivity contribution is 9.10. The predicted molar refractivity (Wildman–Crippen MR) is 83.1 cm³/mol. The van der Waals surface area contributed by atoms with Crippen molar-refractivity contribution in [2.75, 3.05) is 11.9 Å². The zero-order valence-electron chi connectivity index (χ0n) is 9.74. The molecule has 2 aromatic carbocycles. The van der Waals surface area contributed by atoms with Crippen LogP contribution in [0.3, 0.4) is 0 Å². The first-order valence-corrected chi connectivity index (χ1v) is 6.83. The third-order valence-corrected chi connectivity index (χ3v) is 3.69. The van der Waals surface area contributed by atoms with Gasteiger partial charge in [-0.15, -0.1) is 0 Å². The molecule has 0 saturated heterocycles. The summed E-state index contributed by atoms with van der Waals surface area (Å²) in [5.41, 5.74) is 2.22. The van der Waals surface area contributed by atoms with E-state index in [1.807, 2.05) is 36.4 Å². The van der Waals surface area contributed by atoms with E-state index in [2.05, 4.69) is 45.5 Å². The molecule has 0 aliphatic rings. The zero-order valence-corrected chi connectivity index (χ0v) is 12.1. The van der Waals surface area contributed by atoms with Crippen LogP contribution < -0.4 is 5.32 Å². The Bertz CT molecular complexity index is 537. The van der Waals surface area contributed by atoms with Crippen LogP contribution >= 0.6 is 27.5 Å². The maximum absolute atomic E-state index is 6.02. The molecular weight excluding hydrogens is 310 g/mol. The van der Waals surface area contributed by atoms with Gasteiger partial charge in [0, 0.05) is 16.7 Å². The third-order valence-electron chi connectivity index (χ3n) is 2.45. The van der Waals surface area contributed by atoms with Crippen LogP contribution in [-0.4, -0.2) is 6.54 Å². The molecule has 0 unspecified atom stereocenters. The summed E-state index contributed by atoms with van der Waals surface area (Å²) in [6, 6.07) is 16.1. The molecule has 0 atom stereocenters. The maximum Gasteiger partial charge on any atom is 0.0568 e. The lowest BCUT2D eigenvalue weighted by molar-refractivity contribution is 1.34. The lowest BCUT2D eigenvalue weighted by Gasteiger charge is -2.04. The second-order valence-corrected chi connectivity index (χ2v) is 5.08. The van der Waals surface area contributed by atoms with Gasteiger partial charge in [-0.1, -0.05) is 54.1 Å². The molecule has 0 bridgehead atoms. The van der Waals surface area contributed by atoms with Gasteiger partial charge in [-0.05, 0) is 39.7 Å². The van der Waals surface area contributed by atoms with Crippen LogP contribution in [0.4, 0.5) is 5.69 Å². The highest BCUT2D eigenvalue weighted by Crippen LogP contribution is 2.25. The average molecular weight is 323 g/mol. The van der Waals surface area contributed by atoms with Gasteiger partial charge in [0.2, 0.25) is 0 Å². The van der Waals surface area contributed by atoms with Gasteiger partial charge in [0.1, 0.15) is 0 Å². The fourth-order valence-corrected chi connectivity index (χ4v) is 1.97. The molecule has 1 nitrogen and oxygen atoms in total. The highest BCUT2D eigenvalue weighted by Gasteiger charge is 1.97. The minimum absolute atomic E-state index is 0.715. The van der Waals surface area contributed by atoms with Crippen molar-refractivity contribution >= 4 is 39.3 Å². The Kier molecular flexibility index (Phi) is 4.85. The van der Waals surface area contributed by atoms with E-state index in [-0.39, 0.29) is 0 Å². The van der Waals surface area contributed by atoms with E-state index in [9.17, 15) is 0 Å². The predicted octanol–water partition coefficient (Wildman–Crippen LogP) is 5.23. The molecule has 0 radical (unpaired) electrons. The van der Waals surface area contributed by atoms with Crippen molar-refractivity contribution < 1.29 is 0 Å². The molecule has 0 saturated carbocycles. The first-order valence-electron chi connectivity index (χ1n) is 5.66. The molecule has 2 rings (SSSR count). The summed E-state index contributed by atoms with van der Waals surface area (Å²) in [6.45, 7) is 0.771. The van der Waals surface area contributed by atoms with E-state index in [4.69, 9.17) is 11.6 Å². The minimum Gasteiger partial charge on any atom is -0.382 e. The van der Waals surface area contributed by atoms with Crippen LogP contribution in [0.2, 0.25) is 5.02 Å². The summed E-state index contributed by atoms with van der Waals surface area (Å²) in [6.07, 6.45) is 4.18. The molecule has 0 amide bonds. The van der Waals surface area contributed by atoms with Crippen molar-refractivity contribution in [2.24, 2.45) is 0 Å². The number of halogens is 2. The zero-order chi connectivity index (χ0) is 12.8. The second-order valence-electron chi connectivity index (χ2n) is 3.82. The van der Waals surface area contributed by atoms with E-state index in [1.54, 1.807) is 0 Å². The topological polar surface area (TPSA) is 12.0 Å². The summed E-state index contributed by atoms with van der Waals surface area (Å²) in [7, 11) is 0. The highest BCUT2D eigenvalue weighted by atomic mass is 79.9. The van der Waals surface area contributed by atoms with Crippen LogP contribution in [0.25, 0.3) is 6.08 Å². The molecule has 0 heterocycles. The molecule has 0 aliphatic carbocycles. The molecule has 1 N–H and O–H groups in total. The second kappa shape index (κ2) is 6.62. The van der Waals surface area contributed by atoms with Crippen molar-refractivity contribution in [3.8, 4) is 0 Å². The van der Waals surface area contributed by atoms with E-state index >= 15 is 0 Å². The van der Waals surface area contributed by atoms with E-state index in [1.165, 1.54) is 5.56 Å². The fraction of sp³-hybridized carbons (Fsp3) is 0.0667. The number of hydrogen-bond acceptors (Lipinski definition) is 1. The van der Waals surface area contributed by atoms with Crippen LogP contribution in [0.5, 0.6) is 0 Å². The molecule has 3 heteroatoms. The van der Waals surface area contributed by atoms with Gasteiger partial charge < -0.3 is 5.32 Å². The van der Waals surface area contributed by atoms with E-state index in [0.717, 1.165) is 16.7 Å². The van der Waals surface area contributed by atoms with Gasteiger partial charge >= 0.3 is 0 Å². The molecule has 2 aromatic rings. The van der Waals surface area contributed by atoms with Crippen molar-refractivity contribution in [1.82, 2.24) is 0 Å². The largest absolute Gasteiger partial charge is 0.382 e. The molecule has 0 aromatic heterocycles. The van der Waals surface area contributed by atoms with Crippen molar-refractivity contribution in [1.29, 1.82) is 0 Å². The van der Waals surface area contributed by atoms with Crippen LogP contribution in [0, 0.1) is 0 Å². The number of hydrogen-bond donors (Lipinski definition) is 1. The van der Waals surface area contributed by atoms with Crippen molar-refractivity contribution in [2.45, 2.75) is 0 Å². The SMILES string of the molecule is Clc1cc(NC/C=C/c2ccccc2)ccc1Br. The van der Waals surface area contributed by atoms with Gasteiger partial charge in [0.25, 0.3) is 0 Å². The number of benzene rings is 2. The number of nitrogens with one attached hydrogen (secondary N) is 1. The summed E-state index contributed by atoms with van der Waals surface area (Å²) < 4.78 is 0.912. The lowest BCUT2D eigenvalue weighted by atomic mass is 10.2. The van der Waals surface area contributed by atoms with Crippen molar-refractivity contribution in [3.05, 3.63) is 69.7 Å². The van der Waals surface area contributed by atoms with Crippen molar-refractivity contribution in [3.63, 3.8) is 0 Å². The lowest BCUT2D eigenvalue weighted by Crippen LogP contribution is -1.97. The third kappa shape index (κ3) is 3.90. The Morgan fingerprint density at radius 1 is 1.11 bits per heavy atom. The normalized spacial score (nSPS) is 10.8. The Hall–Kier alpha value is -1.25. The summed E-state index contributed by atoms with van der Waals surface area (Å²) in [5, 5.41) is 4.01. The smallest absolute Gasteiger partial charge is 0.0568 e. The molecule has 18 heavy (non-hydrogen) atoms. The van der Waals surface area contributed by atoms with E-state index < -0.39 is 0 Å². The molecule has 0 spiro atoms. The molecular formula is C15H13BrClN. The van der Waals surface area contributed by atoms with Crippen LogP contribution in [0.1, 0.15) is 5.56 Å². The Morgan fingerprint density at radius 2 is 1.89 bits per heavy atom. The van der Waals surface area contributed by atoms with Gasteiger partial charge in [0.05, 0.1) is 5.02 Å². The van der Waals surface area contributed by atoms with Crippen LogP contribution in [-0.2, 0) is 0 Å². The molecule has 0 aliphatic heterocycles. The molecule has 92 valence electrons. The Morgan fingerprint density at radius 3 is 2.61 bits per heavy atom. The van der Waals surface area contributed by atoms with Gasteiger partial charge in [-0.25, -0.2) is 0 Å². The summed E-state index contributed by atoms with van der Waals surface area (Å²) in [5.74, 6) is 0. The minimum atomic E-state index is 0.715. The monoisotopic (exact) mass is 321 g/mol. The standard InChI is InChI=1S/C15H13BrClN/c16-14-9-8-13(11-15(14)17)18-10-4-7-12-5-2-1-3-6-12/h1-9,11,18H,10H2/b7-4+. The van der Waals surface area contributed by atoms with E-state index in [0.29, 0.717) is 5.02 Å². The number of anilines is 1. The summed E-state index contributed by atoms with van der Waals surface area (Å²) >= 11 is 9.39.